The number of anilines is 2. The van der Waals surface area contributed by atoms with Crippen molar-refractivity contribution in [3.8, 4) is 0 Å². The molecule has 0 fully saturated rings. The molecule has 3 nitrogen and oxygen atoms in total. The third-order valence-electron chi connectivity index (χ3n) is 2.46. The fourth-order valence-electron chi connectivity index (χ4n) is 1.43. The van der Waals surface area contributed by atoms with E-state index in [0.717, 1.165) is 23.7 Å². The molecular weight excluding hydrogens is 218 g/mol. The lowest BCUT2D eigenvalue weighted by Crippen LogP contribution is -2.05. The minimum Gasteiger partial charge on any atom is -0.397 e. The highest BCUT2D eigenvalue weighted by molar-refractivity contribution is 7.98. The number of nitrogens with one attached hydrogen (secondary N) is 1. The Morgan fingerprint density at radius 1 is 1.31 bits per heavy atom. The zero-order valence-corrected chi connectivity index (χ0v) is 10.9. The first-order valence-corrected chi connectivity index (χ1v) is 7.09. The van der Waals surface area contributed by atoms with Gasteiger partial charge < -0.3 is 11.1 Å². The lowest BCUT2D eigenvalue weighted by molar-refractivity contribution is 0.748. The molecule has 0 amide bonds. The number of aryl methyl sites for hydroxylation is 1. The van der Waals surface area contributed by atoms with Crippen LogP contribution in [0.4, 0.5) is 11.5 Å². The normalized spacial score (nSPS) is 10.4. The Labute approximate surface area is 102 Å². The van der Waals surface area contributed by atoms with Gasteiger partial charge in [0.15, 0.2) is 0 Å². The van der Waals surface area contributed by atoms with E-state index in [1.165, 1.54) is 25.0 Å². The smallest absolute Gasteiger partial charge is 0.126 e. The molecule has 0 aliphatic heterocycles. The maximum absolute atomic E-state index is 5.71. The summed E-state index contributed by atoms with van der Waals surface area (Å²) in [4.78, 5) is 4.37. The molecule has 0 atom stereocenters. The second kappa shape index (κ2) is 7.39. The van der Waals surface area contributed by atoms with Gasteiger partial charge in [-0.1, -0.05) is 6.42 Å². The number of rotatable bonds is 7. The van der Waals surface area contributed by atoms with E-state index < -0.39 is 0 Å². The van der Waals surface area contributed by atoms with Crippen molar-refractivity contribution in [2.24, 2.45) is 0 Å². The molecular formula is C12H21N3S. The number of nitrogen functional groups attached to an aromatic ring is 1. The zero-order valence-electron chi connectivity index (χ0n) is 10.1. The number of pyridine rings is 1. The van der Waals surface area contributed by atoms with Crippen LogP contribution in [0.25, 0.3) is 0 Å². The van der Waals surface area contributed by atoms with Crippen LogP contribution >= 0.6 is 11.8 Å². The number of nitrogens with zero attached hydrogens (tertiary/aromatic N) is 1. The molecule has 0 saturated heterocycles. The number of unbranched alkanes of at least 4 members (excludes halogenated alkanes) is 2. The molecule has 1 heterocycles. The van der Waals surface area contributed by atoms with Gasteiger partial charge in [-0.15, -0.1) is 0 Å². The Morgan fingerprint density at radius 2 is 2.12 bits per heavy atom. The Morgan fingerprint density at radius 3 is 2.81 bits per heavy atom. The van der Waals surface area contributed by atoms with Crippen molar-refractivity contribution in [3.63, 3.8) is 0 Å². The van der Waals surface area contributed by atoms with E-state index in [1.807, 2.05) is 30.8 Å². The zero-order chi connectivity index (χ0) is 11.8. The van der Waals surface area contributed by atoms with Gasteiger partial charge in [0.1, 0.15) is 5.82 Å². The Balaban J connectivity index is 2.19. The molecule has 16 heavy (non-hydrogen) atoms. The highest BCUT2D eigenvalue weighted by Gasteiger charge is 1.97. The largest absolute Gasteiger partial charge is 0.397 e. The fourth-order valence-corrected chi connectivity index (χ4v) is 1.93. The first-order valence-electron chi connectivity index (χ1n) is 5.70. The number of aromatic nitrogens is 1. The van der Waals surface area contributed by atoms with Crippen LogP contribution in [0.2, 0.25) is 0 Å². The lowest BCUT2D eigenvalue weighted by atomic mass is 10.2. The standard InChI is InChI=1S/C12H21N3S/c1-10-11(13)6-7-12(15-10)14-8-4-3-5-9-16-2/h6-7H,3-5,8-9,13H2,1-2H3,(H,14,15). The molecule has 0 unspecified atom stereocenters. The molecule has 3 N–H and O–H groups in total. The van der Waals surface area contributed by atoms with Gasteiger partial charge in [-0.25, -0.2) is 4.98 Å². The molecule has 0 aromatic carbocycles. The van der Waals surface area contributed by atoms with E-state index in [1.54, 1.807) is 0 Å². The van der Waals surface area contributed by atoms with Crippen molar-refractivity contribution >= 4 is 23.3 Å². The van der Waals surface area contributed by atoms with Crippen LogP contribution in [0.5, 0.6) is 0 Å². The Bertz CT molecular complexity index is 315. The molecule has 0 bridgehead atoms. The molecule has 90 valence electrons. The minimum atomic E-state index is 0.755. The van der Waals surface area contributed by atoms with Crippen molar-refractivity contribution in [3.05, 3.63) is 17.8 Å². The van der Waals surface area contributed by atoms with E-state index >= 15 is 0 Å². The van der Waals surface area contributed by atoms with E-state index in [4.69, 9.17) is 5.73 Å². The fraction of sp³-hybridized carbons (Fsp3) is 0.583. The summed E-state index contributed by atoms with van der Waals surface area (Å²) in [6.07, 6.45) is 5.93. The first kappa shape index (κ1) is 13.2. The van der Waals surface area contributed by atoms with Gasteiger partial charge >= 0.3 is 0 Å². The summed E-state index contributed by atoms with van der Waals surface area (Å²) in [6.45, 7) is 2.92. The van der Waals surface area contributed by atoms with Crippen molar-refractivity contribution in [2.45, 2.75) is 26.2 Å². The van der Waals surface area contributed by atoms with Gasteiger partial charge in [-0.05, 0) is 43.9 Å². The van der Waals surface area contributed by atoms with Gasteiger partial charge in [0.05, 0.1) is 11.4 Å². The number of nitrogens with two attached hydrogens (primary N) is 1. The molecule has 4 heteroatoms. The van der Waals surface area contributed by atoms with Crippen LogP contribution in [0.3, 0.4) is 0 Å². The second-order valence-electron chi connectivity index (χ2n) is 3.85. The SMILES string of the molecule is CSCCCCCNc1ccc(N)c(C)n1. The molecule has 0 spiro atoms. The van der Waals surface area contributed by atoms with Crippen LogP contribution in [0.15, 0.2) is 12.1 Å². The summed E-state index contributed by atoms with van der Waals surface area (Å²) in [5.41, 5.74) is 7.36. The van der Waals surface area contributed by atoms with Gasteiger partial charge in [-0.2, -0.15) is 11.8 Å². The molecule has 0 saturated carbocycles. The van der Waals surface area contributed by atoms with Crippen LogP contribution in [-0.2, 0) is 0 Å². The summed E-state index contributed by atoms with van der Waals surface area (Å²) >= 11 is 1.91. The third-order valence-corrected chi connectivity index (χ3v) is 3.15. The molecule has 0 aliphatic rings. The number of hydrogen-bond donors (Lipinski definition) is 2. The van der Waals surface area contributed by atoms with Crippen molar-refractivity contribution in [1.29, 1.82) is 0 Å². The quantitative estimate of drug-likeness (QED) is 0.718. The molecule has 1 aromatic heterocycles. The van der Waals surface area contributed by atoms with Crippen LogP contribution in [-0.4, -0.2) is 23.5 Å². The lowest BCUT2D eigenvalue weighted by Gasteiger charge is -2.07. The molecule has 1 rings (SSSR count). The predicted molar refractivity (Wildman–Crippen MR) is 74.1 cm³/mol. The van der Waals surface area contributed by atoms with E-state index in [9.17, 15) is 0 Å². The van der Waals surface area contributed by atoms with Gasteiger partial charge in [0, 0.05) is 6.54 Å². The topological polar surface area (TPSA) is 50.9 Å². The predicted octanol–water partition coefficient (Wildman–Crippen LogP) is 2.92. The average Bonchev–Trinajstić information content (AvgIpc) is 2.28. The summed E-state index contributed by atoms with van der Waals surface area (Å²) in [6, 6.07) is 3.84. The Hall–Kier alpha value is -0.900. The second-order valence-corrected chi connectivity index (χ2v) is 4.84. The molecule has 0 radical (unpaired) electrons. The molecule has 0 aliphatic carbocycles. The van der Waals surface area contributed by atoms with Crippen LogP contribution < -0.4 is 11.1 Å². The van der Waals surface area contributed by atoms with Crippen molar-refractivity contribution in [1.82, 2.24) is 4.98 Å². The first-order chi connectivity index (χ1) is 7.74. The van der Waals surface area contributed by atoms with Crippen molar-refractivity contribution < 1.29 is 0 Å². The van der Waals surface area contributed by atoms with Gasteiger partial charge in [0.25, 0.3) is 0 Å². The highest BCUT2D eigenvalue weighted by atomic mass is 32.2. The summed E-state index contributed by atoms with van der Waals surface area (Å²) in [7, 11) is 0. The van der Waals surface area contributed by atoms with Crippen molar-refractivity contribution in [2.75, 3.05) is 29.6 Å². The van der Waals surface area contributed by atoms with E-state index in [2.05, 4.69) is 16.6 Å². The molecule has 1 aromatic rings. The van der Waals surface area contributed by atoms with E-state index in [0.29, 0.717) is 0 Å². The maximum atomic E-state index is 5.71. The monoisotopic (exact) mass is 239 g/mol. The van der Waals surface area contributed by atoms with Gasteiger partial charge in [-0.3, -0.25) is 0 Å². The Kier molecular flexibility index (Phi) is 6.08. The number of hydrogen-bond acceptors (Lipinski definition) is 4. The summed E-state index contributed by atoms with van der Waals surface area (Å²) < 4.78 is 0. The van der Waals surface area contributed by atoms with Crippen LogP contribution in [0.1, 0.15) is 25.0 Å². The highest BCUT2D eigenvalue weighted by Crippen LogP contribution is 2.12. The van der Waals surface area contributed by atoms with E-state index in [-0.39, 0.29) is 0 Å². The van der Waals surface area contributed by atoms with Crippen LogP contribution in [0, 0.1) is 6.92 Å². The maximum Gasteiger partial charge on any atom is 0.126 e. The summed E-state index contributed by atoms with van der Waals surface area (Å²) in [5, 5.41) is 3.32. The average molecular weight is 239 g/mol. The van der Waals surface area contributed by atoms with Gasteiger partial charge in [0.2, 0.25) is 0 Å². The number of thioether (sulfide) groups is 1. The minimum absolute atomic E-state index is 0.755. The third kappa shape index (κ3) is 4.75. The summed E-state index contributed by atoms with van der Waals surface area (Å²) in [5.74, 6) is 2.19.